The number of halogens is 1. The second-order valence-corrected chi connectivity index (χ2v) is 6.32. The van der Waals surface area contributed by atoms with Crippen molar-refractivity contribution in [3.05, 3.63) is 23.5 Å². The van der Waals surface area contributed by atoms with E-state index in [1.54, 1.807) is 0 Å². The molecule has 0 atom stereocenters. The van der Waals surface area contributed by atoms with Gasteiger partial charge in [-0.15, -0.1) is 11.6 Å². The largest absolute Gasteiger partial charge is 0.490 e. The van der Waals surface area contributed by atoms with Crippen molar-refractivity contribution in [2.45, 2.75) is 58.4 Å². The van der Waals surface area contributed by atoms with Gasteiger partial charge in [0.05, 0.1) is 12.0 Å². The molecule has 0 aliphatic heterocycles. The van der Waals surface area contributed by atoms with Gasteiger partial charge in [0.25, 0.3) is 0 Å². The van der Waals surface area contributed by atoms with Crippen LogP contribution in [0.25, 0.3) is 0 Å². The Labute approximate surface area is 115 Å². The predicted molar refractivity (Wildman–Crippen MR) is 75.2 cm³/mol. The van der Waals surface area contributed by atoms with Gasteiger partial charge in [-0.3, -0.25) is 4.98 Å². The highest BCUT2D eigenvalue weighted by molar-refractivity contribution is 6.17. The second kappa shape index (κ2) is 5.48. The van der Waals surface area contributed by atoms with E-state index in [-0.39, 0.29) is 0 Å². The summed E-state index contributed by atoms with van der Waals surface area (Å²) in [7, 11) is 0. The molecule has 1 heterocycles. The van der Waals surface area contributed by atoms with Gasteiger partial charge >= 0.3 is 0 Å². The molecule has 1 saturated carbocycles. The zero-order chi connectivity index (χ0) is 13.2. The Kier molecular flexibility index (Phi) is 4.16. The second-order valence-electron chi connectivity index (χ2n) is 6.05. The lowest BCUT2D eigenvalue weighted by Gasteiger charge is -2.34. The minimum atomic E-state index is 0.335. The van der Waals surface area contributed by atoms with E-state index in [1.807, 2.05) is 19.2 Å². The van der Waals surface area contributed by atoms with Gasteiger partial charge in [0, 0.05) is 23.5 Å². The number of aryl methyl sites for hydroxylation is 1. The summed E-state index contributed by atoms with van der Waals surface area (Å²) in [6.07, 6.45) is 6.90. The predicted octanol–water partition coefficient (Wildman–Crippen LogP) is 4.48. The number of aromatic nitrogens is 1. The van der Waals surface area contributed by atoms with E-state index >= 15 is 0 Å². The smallest absolute Gasteiger partial charge is 0.127 e. The summed E-state index contributed by atoms with van der Waals surface area (Å²) >= 11 is 5.93. The van der Waals surface area contributed by atoms with Gasteiger partial charge in [-0.05, 0) is 38.0 Å². The number of hydrogen-bond acceptors (Lipinski definition) is 2. The molecule has 2 rings (SSSR count). The van der Waals surface area contributed by atoms with Gasteiger partial charge in [0.2, 0.25) is 0 Å². The molecule has 0 spiro atoms. The molecule has 0 radical (unpaired) electrons. The van der Waals surface area contributed by atoms with Gasteiger partial charge in [0.15, 0.2) is 0 Å². The molecule has 0 unspecified atom stereocenters. The maximum absolute atomic E-state index is 6.13. The molecular weight excluding hydrogens is 246 g/mol. The summed E-state index contributed by atoms with van der Waals surface area (Å²) in [5.74, 6) is 1.38. The summed E-state index contributed by atoms with van der Waals surface area (Å²) in [4.78, 5) is 4.26. The molecule has 1 aromatic heterocycles. The molecule has 0 saturated heterocycles. The number of nitrogens with zero attached hydrogens (tertiary/aromatic N) is 1. The van der Waals surface area contributed by atoms with Crippen LogP contribution >= 0.6 is 11.6 Å². The zero-order valence-electron chi connectivity index (χ0n) is 11.5. The minimum absolute atomic E-state index is 0.335. The van der Waals surface area contributed by atoms with E-state index < -0.39 is 0 Å². The highest BCUT2D eigenvalue weighted by atomic mass is 35.5. The van der Waals surface area contributed by atoms with Crippen molar-refractivity contribution >= 4 is 11.6 Å². The Morgan fingerprint density at radius 2 is 2.06 bits per heavy atom. The van der Waals surface area contributed by atoms with Crippen molar-refractivity contribution < 1.29 is 4.74 Å². The molecule has 100 valence electrons. The lowest BCUT2D eigenvalue weighted by Crippen LogP contribution is -2.28. The first-order valence-corrected chi connectivity index (χ1v) is 7.22. The standard InChI is InChI=1S/C15H22ClNO/c1-11-8-14(12(9-16)10-17-11)18-13-4-6-15(2,3)7-5-13/h8,10,13H,4-7,9H2,1-3H3. The third-order valence-electron chi connectivity index (χ3n) is 3.80. The van der Waals surface area contributed by atoms with Crippen molar-refractivity contribution in [3.63, 3.8) is 0 Å². The lowest BCUT2D eigenvalue weighted by atomic mass is 9.76. The lowest BCUT2D eigenvalue weighted by molar-refractivity contribution is 0.0980. The van der Waals surface area contributed by atoms with E-state index in [4.69, 9.17) is 16.3 Å². The van der Waals surface area contributed by atoms with Crippen molar-refractivity contribution in [2.24, 2.45) is 5.41 Å². The number of hydrogen-bond donors (Lipinski definition) is 0. The van der Waals surface area contributed by atoms with Gasteiger partial charge in [0.1, 0.15) is 5.75 Å². The molecule has 1 aromatic rings. The molecule has 2 nitrogen and oxygen atoms in total. The third-order valence-corrected chi connectivity index (χ3v) is 4.09. The normalized spacial score (nSPS) is 19.8. The quantitative estimate of drug-likeness (QED) is 0.754. The molecule has 0 aromatic carbocycles. The maximum Gasteiger partial charge on any atom is 0.127 e. The molecule has 0 bridgehead atoms. The highest BCUT2D eigenvalue weighted by Crippen LogP contribution is 2.37. The Bertz CT molecular complexity index is 407. The van der Waals surface area contributed by atoms with Crippen LogP contribution in [0, 0.1) is 12.3 Å². The van der Waals surface area contributed by atoms with Crippen LogP contribution in [0.4, 0.5) is 0 Å². The topological polar surface area (TPSA) is 22.1 Å². The summed E-state index contributed by atoms with van der Waals surface area (Å²) in [6, 6.07) is 2.00. The maximum atomic E-state index is 6.13. The van der Waals surface area contributed by atoms with Crippen LogP contribution in [-0.2, 0) is 5.88 Å². The van der Waals surface area contributed by atoms with E-state index in [9.17, 15) is 0 Å². The first kappa shape index (κ1) is 13.7. The Morgan fingerprint density at radius 1 is 1.39 bits per heavy atom. The summed E-state index contributed by atoms with van der Waals surface area (Å²) in [5.41, 5.74) is 2.45. The van der Waals surface area contributed by atoms with E-state index in [1.165, 1.54) is 12.8 Å². The molecular formula is C15H22ClNO. The number of rotatable bonds is 3. The monoisotopic (exact) mass is 267 g/mol. The van der Waals surface area contributed by atoms with Crippen molar-refractivity contribution in [2.75, 3.05) is 0 Å². The van der Waals surface area contributed by atoms with Gasteiger partial charge < -0.3 is 4.74 Å². The molecule has 1 aliphatic rings. The van der Waals surface area contributed by atoms with E-state index in [2.05, 4.69) is 18.8 Å². The molecule has 1 fully saturated rings. The van der Waals surface area contributed by atoms with E-state index in [0.29, 0.717) is 17.4 Å². The molecule has 18 heavy (non-hydrogen) atoms. The van der Waals surface area contributed by atoms with Crippen molar-refractivity contribution in [1.29, 1.82) is 0 Å². The van der Waals surface area contributed by atoms with Gasteiger partial charge in [-0.1, -0.05) is 13.8 Å². The first-order valence-electron chi connectivity index (χ1n) is 6.68. The van der Waals surface area contributed by atoms with Crippen LogP contribution in [0.3, 0.4) is 0 Å². The van der Waals surface area contributed by atoms with Crippen molar-refractivity contribution in [1.82, 2.24) is 4.98 Å². The van der Waals surface area contributed by atoms with E-state index in [0.717, 1.165) is 29.8 Å². The third kappa shape index (κ3) is 3.38. The summed E-state index contributed by atoms with van der Waals surface area (Å²) < 4.78 is 6.13. The SMILES string of the molecule is Cc1cc(OC2CCC(C)(C)CC2)c(CCl)cn1. The number of alkyl halides is 1. The zero-order valence-corrected chi connectivity index (χ0v) is 12.3. The number of pyridine rings is 1. The fourth-order valence-corrected chi connectivity index (χ4v) is 2.64. The molecule has 0 amide bonds. The number of ether oxygens (including phenoxy) is 1. The fourth-order valence-electron chi connectivity index (χ4n) is 2.44. The van der Waals surface area contributed by atoms with Crippen molar-refractivity contribution in [3.8, 4) is 5.75 Å². The Morgan fingerprint density at radius 3 is 2.67 bits per heavy atom. The summed E-state index contributed by atoms with van der Waals surface area (Å²) in [6.45, 7) is 6.66. The molecule has 1 aliphatic carbocycles. The first-order chi connectivity index (χ1) is 8.50. The molecule has 3 heteroatoms. The van der Waals surface area contributed by atoms with Crippen LogP contribution in [-0.4, -0.2) is 11.1 Å². The van der Waals surface area contributed by atoms with Crippen LogP contribution < -0.4 is 4.74 Å². The minimum Gasteiger partial charge on any atom is -0.490 e. The van der Waals surface area contributed by atoms with Crippen LogP contribution in [0.5, 0.6) is 5.75 Å². The Balaban J connectivity index is 2.04. The average Bonchev–Trinajstić information content (AvgIpc) is 2.32. The van der Waals surface area contributed by atoms with Crippen LogP contribution in [0.15, 0.2) is 12.3 Å². The fraction of sp³-hybridized carbons (Fsp3) is 0.667. The summed E-state index contributed by atoms with van der Waals surface area (Å²) in [5, 5.41) is 0. The van der Waals surface area contributed by atoms with Gasteiger partial charge in [-0.2, -0.15) is 0 Å². The average molecular weight is 268 g/mol. The highest BCUT2D eigenvalue weighted by Gasteiger charge is 2.28. The van der Waals surface area contributed by atoms with Crippen LogP contribution in [0.2, 0.25) is 0 Å². The van der Waals surface area contributed by atoms with Gasteiger partial charge in [-0.25, -0.2) is 0 Å². The van der Waals surface area contributed by atoms with Crippen LogP contribution in [0.1, 0.15) is 50.8 Å². The molecule has 0 N–H and O–H groups in total. The Hall–Kier alpha value is -0.760.